The van der Waals surface area contributed by atoms with Gasteiger partial charge in [-0.1, -0.05) is 53.4 Å². The third kappa shape index (κ3) is 16.6. The molecular weight excluding hydrogens is 320 g/mol. The van der Waals surface area contributed by atoms with Crippen molar-refractivity contribution < 1.29 is 24.7 Å². The predicted molar refractivity (Wildman–Crippen MR) is 99.6 cm³/mol. The third-order valence-corrected chi connectivity index (χ3v) is 4.29. The van der Waals surface area contributed by atoms with Gasteiger partial charge in [-0.05, 0) is 55.9 Å². The fourth-order valence-corrected chi connectivity index (χ4v) is 2.57. The topological polar surface area (TPSA) is 65.0 Å². The van der Waals surface area contributed by atoms with Gasteiger partial charge in [-0.25, -0.2) is 4.79 Å². The van der Waals surface area contributed by atoms with Crippen LogP contribution >= 0.6 is 0 Å². The number of aliphatic hydroxyl groups is 1. The van der Waals surface area contributed by atoms with E-state index in [2.05, 4.69) is 32.7 Å². The molecule has 0 aromatic rings. The summed E-state index contributed by atoms with van der Waals surface area (Å²) in [6, 6.07) is 0. The van der Waals surface area contributed by atoms with E-state index in [1.165, 1.54) is 0 Å². The summed E-state index contributed by atoms with van der Waals surface area (Å²) in [5.41, 5.74) is -0.162. The van der Waals surface area contributed by atoms with E-state index in [-0.39, 0.29) is 12.6 Å². The van der Waals surface area contributed by atoms with Gasteiger partial charge in [0.15, 0.2) is 0 Å². The molecule has 0 rings (SSSR count). The van der Waals surface area contributed by atoms with E-state index in [4.69, 9.17) is 14.9 Å². The molecule has 0 radical (unpaired) electrons. The highest BCUT2D eigenvalue weighted by molar-refractivity contribution is 5.68. The Kier molecular flexibility index (Phi) is 12.3. The zero-order valence-corrected chi connectivity index (χ0v) is 17.2. The maximum atomic E-state index is 11.6. The van der Waals surface area contributed by atoms with E-state index in [0.29, 0.717) is 17.8 Å². The van der Waals surface area contributed by atoms with Crippen molar-refractivity contribution in [3.8, 4) is 0 Å². The van der Waals surface area contributed by atoms with Gasteiger partial charge >= 0.3 is 5.97 Å². The molecule has 1 atom stereocenters. The maximum Gasteiger partial charge on any atom is 0.345 e. The molecule has 1 unspecified atom stereocenters. The van der Waals surface area contributed by atoms with Crippen molar-refractivity contribution in [1.29, 1.82) is 0 Å². The smallest absolute Gasteiger partial charge is 0.345 e. The normalized spacial score (nSPS) is 13.7. The van der Waals surface area contributed by atoms with Crippen LogP contribution in [0.15, 0.2) is 0 Å². The van der Waals surface area contributed by atoms with Crippen LogP contribution in [0.25, 0.3) is 0 Å². The number of rotatable bonds is 14. The zero-order chi connectivity index (χ0) is 19.3. The molecule has 0 spiro atoms. The monoisotopic (exact) mass is 360 g/mol. The van der Waals surface area contributed by atoms with Crippen LogP contribution in [0.3, 0.4) is 0 Å². The van der Waals surface area contributed by atoms with Crippen LogP contribution in [-0.4, -0.2) is 23.3 Å². The van der Waals surface area contributed by atoms with E-state index < -0.39 is 5.60 Å². The minimum atomic E-state index is -0.508. The van der Waals surface area contributed by atoms with Crippen molar-refractivity contribution in [3.05, 3.63) is 0 Å². The molecule has 0 fully saturated rings. The molecule has 0 aliphatic heterocycles. The van der Waals surface area contributed by atoms with Crippen LogP contribution < -0.4 is 0 Å². The summed E-state index contributed by atoms with van der Waals surface area (Å²) in [6.45, 7) is 12.8. The molecule has 0 aliphatic carbocycles. The Morgan fingerprint density at radius 3 is 2.24 bits per heavy atom. The number of hydrogen-bond donors (Lipinski definition) is 1. The summed E-state index contributed by atoms with van der Waals surface area (Å²) in [5.74, 6) is 0.112. The second kappa shape index (κ2) is 12.7. The van der Waals surface area contributed by atoms with Crippen LogP contribution in [0.5, 0.6) is 0 Å². The Labute approximate surface area is 154 Å². The molecule has 0 aromatic heterocycles. The minimum absolute atomic E-state index is 0.232. The van der Waals surface area contributed by atoms with Gasteiger partial charge in [-0.2, -0.15) is 4.89 Å². The molecule has 0 saturated carbocycles. The average molecular weight is 361 g/mol. The maximum absolute atomic E-state index is 11.6. The van der Waals surface area contributed by atoms with Crippen LogP contribution in [0.1, 0.15) is 99.3 Å². The lowest BCUT2D eigenvalue weighted by Gasteiger charge is -2.22. The van der Waals surface area contributed by atoms with Crippen molar-refractivity contribution >= 4 is 5.97 Å². The van der Waals surface area contributed by atoms with Gasteiger partial charge in [0.05, 0.1) is 0 Å². The molecule has 0 heterocycles. The first-order valence-corrected chi connectivity index (χ1v) is 9.72. The first-order chi connectivity index (χ1) is 11.6. The van der Waals surface area contributed by atoms with E-state index in [1.807, 2.05) is 13.8 Å². The summed E-state index contributed by atoms with van der Waals surface area (Å²) in [6.07, 6.45) is 8.09. The fraction of sp³-hybridized carbons (Fsp3) is 0.950. The standard InChI is InChI=1S/C20H40O5/c1-17(13-16-21)11-10-15-20(5,6)24-25-23-18(22)12-8-7-9-14-19(2,3)4/h17,21H,7-16H2,1-6H3. The van der Waals surface area contributed by atoms with Gasteiger partial charge in [-0.15, -0.1) is 0 Å². The SMILES string of the molecule is CC(CCO)CCCC(C)(C)OOOC(=O)CCCCCC(C)(C)C. The summed E-state index contributed by atoms with van der Waals surface area (Å²) in [5, 5.41) is 13.6. The summed E-state index contributed by atoms with van der Waals surface area (Å²) < 4.78 is 0. The summed E-state index contributed by atoms with van der Waals surface area (Å²) in [7, 11) is 0. The minimum Gasteiger partial charge on any atom is -0.396 e. The third-order valence-electron chi connectivity index (χ3n) is 4.29. The van der Waals surface area contributed by atoms with Crippen LogP contribution in [-0.2, 0) is 19.6 Å². The van der Waals surface area contributed by atoms with E-state index in [0.717, 1.165) is 51.4 Å². The van der Waals surface area contributed by atoms with E-state index in [1.54, 1.807) is 0 Å². The Morgan fingerprint density at radius 1 is 0.960 bits per heavy atom. The molecule has 1 N–H and O–H groups in total. The van der Waals surface area contributed by atoms with Crippen LogP contribution in [0.4, 0.5) is 0 Å². The number of aliphatic hydroxyl groups excluding tert-OH is 1. The zero-order valence-electron chi connectivity index (χ0n) is 17.2. The highest BCUT2D eigenvalue weighted by atomic mass is 17.5. The van der Waals surface area contributed by atoms with E-state index >= 15 is 0 Å². The molecule has 0 aliphatic rings. The molecule has 0 bridgehead atoms. The predicted octanol–water partition coefficient (Wildman–Crippen LogP) is 5.36. The molecule has 5 nitrogen and oxygen atoms in total. The molecule has 0 amide bonds. The van der Waals surface area contributed by atoms with Crippen LogP contribution in [0.2, 0.25) is 0 Å². The lowest BCUT2D eigenvalue weighted by Crippen LogP contribution is -2.25. The lowest BCUT2D eigenvalue weighted by molar-refractivity contribution is -0.517. The number of carbonyl (C=O) groups excluding carboxylic acids is 1. The lowest BCUT2D eigenvalue weighted by atomic mass is 9.89. The summed E-state index contributed by atoms with van der Waals surface area (Å²) in [4.78, 5) is 21.5. The highest BCUT2D eigenvalue weighted by Crippen LogP contribution is 2.23. The fourth-order valence-electron chi connectivity index (χ4n) is 2.57. The second-order valence-electron chi connectivity index (χ2n) is 9.00. The van der Waals surface area contributed by atoms with Crippen molar-refractivity contribution in [2.24, 2.45) is 11.3 Å². The Bertz CT molecular complexity index is 346. The Hall–Kier alpha value is -0.650. The average Bonchev–Trinajstić information content (AvgIpc) is 2.45. The molecular formula is C20H40O5. The van der Waals surface area contributed by atoms with Crippen LogP contribution in [0, 0.1) is 11.3 Å². The second-order valence-corrected chi connectivity index (χ2v) is 9.00. The number of hydrogen-bond acceptors (Lipinski definition) is 5. The van der Waals surface area contributed by atoms with Crippen molar-refractivity contribution in [2.45, 2.75) is 105 Å². The van der Waals surface area contributed by atoms with Crippen molar-refractivity contribution in [1.82, 2.24) is 0 Å². The van der Waals surface area contributed by atoms with Gasteiger partial charge in [0, 0.05) is 13.0 Å². The van der Waals surface area contributed by atoms with Gasteiger partial charge in [0.25, 0.3) is 0 Å². The number of carbonyl (C=O) groups is 1. The van der Waals surface area contributed by atoms with Gasteiger partial charge < -0.3 is 5.11 Å². The first-order valence-electron chi connectivity index (χ1n) is 9.72. The highest BCUT2D eigenvalue weighted by Gasteiger charge is 2.21. The van der Waals surface area contributed by atoms with Gasteiger partial charge in [0.1, 0.15) is 5.60 Å². The van der Waals surface area contributed by atoms with Crippen molar-refractivity contribution in [2.75, 3.05) is 6.61 Å². The molecule has 150 valence electrons. The quantitative estimate of drug-likeness (QED) is 0.257. The molecule has 0 aromatic carbocycles. The van der Waals surface area contributed by atoms with E-state index in [9.17, 15) is 4.79 Å². The number of unbranched alkanes of at least 4 members (excludes halogenated alkanes) is 2. The Balaban J connectivity index is 3.70. The summed E-state index contributed by atoms with van der Waals surface area (Å²) >= 11 is 0. The molecule has 0 saturated heterocycles. The largest absolute Gasteiger partial charge is 0.396 e. The molecule has 25 heavy (non-hydrogen) atoms. The first kappa shape index (κ1) is 24.4. The van der Waals surface area contributed by atoms with Gasteiger partial charge in [0.2, 0.25) is 0 Å². The van der Waals surface area contributed by atoms with Crippen molar-refractivity contribution in [3.63, 3.8) is 0 Å². The van der Waals surface area contributed by atoms with Gasteiger partial charge in [-0.3, -0.25) is 4.89 Å². The molecule has 5 heteroatoms. The Morgan fingerprint density at radius 2 is 1.64 bits per heavy atom.